The lowest BCUT2D eigenvalue weighted by Crippen LogP contribution is -2.30. The van der Waals surface area contributed by atoms with E-state index < -0.39 is 11.2 Å². The van der Waals surface area contributed by atoms with Gasteiger partial charge in [-0.25, -0.2) is 0 Å². The molecule has 0 radical (unpaired) electrons. The first-order valence-corrected chi connectivity index (χ1v) is 11.5. The second-order valence-corrected chi connectivity index (χ2v) is 9.11. The molecule has 3 aromatic rings. The van der Waals surface area contributed by atoms with E-state index in [-0.39, 0.29) is 11.5 Å². The molecule has 1 heterocycles. The van der Waals surface area contributed by atoms with Crippen LogP contribution in [0.1, 0.15) is 16.7 Å². The van der Waals surface area contributed by atoms with E-state index in [0.29, 0.717) is 22.8 Å². The molecule has 4 rings (SSSR count). The highest BCUT2D eigenvalue weighted by Crippen LogP contribution is 2.42. The first-order chi connectivity index (χ1) is 16.0. The van der Waals surface area contributed by atoms with Crippen molar-refractivity contribution in [2.45, 2.75) is 25.5 Å². The lowest BCUT2D eigenvalue weighted by molar-refractivity contribution is -0.117. The standard InChI is InChI=1S/C27H23N3O2S/c1-18-11-13-22(14-12-18)30-26(32)24(16-20-8-6-7-19(2)15-20)33-27(30)23(17-28)25(31)29-21-9-4-3-5-10-21/h3-15,24H,16H2,1-2H3,(H,29,31)/b27-23-. The summed E-state index contributed by atoms with van der Waals surface area (Å²) >= 11 is 1.27. The van der Waals surface area contributed by atoms with Crippen molar-refractivity contribution in [3.8, 4) is 6.07 Å². The highest BCUT2D eigenvalue weighted by Gasteiger charge is 2.40. The normalized spacial score (nSPS) is 16.9. The molecule has 0 spiro atoms. The van der Waals surface area contributed by atoms with Crippen molar-refractivity contribution >= 4 is 35.0 Å². The second-order valence-electron chi connectivity index (χ2n) is 7.92. The lowest BCUT2D eigenvalue weighted by atomic mass is 10.1. The minimum Gasteiger partial charge on any atom is -0.321 e. The van der Waals surface area contributed by atoms with E-state index in [0.717, 1.165) is 16.7 Å². The Morgan fingerprint density at radius 2 is 1.73 bits per heavy atom. The topological polar surface area (TPSA) is 73.2 Å². The van der Waals surface area contributed by atoms with Gasteiger partial charge in [-0.1, -0.05) is 77.5 Å². The van der Waals surface area contributed by atoms with Crippen molar-refractivity contribution in [1.82, 2.24) is 0 Å². The van der Waals surface area contributed by atoms with Crippen LogP contribution in [0.5, 0.6) is 0 Å². The Morgan fingerprint density at radius 1 is 1.00 bits per heavy atom. The van der Waals surface area contributed by atoms with Gasteiger partial charge in [0.05, 0.1) is 5.25 Å². The Hall–Kier alpha value is -3.82. The summed E-state index contributed by atoms with van der Waals surface area (Å²) in [6.45, 7) is 3.98. The first kappa shape index (κ1) is 22.4. The van der Waals surface area contributed by atoms with Gasteiger partial charge in [-0.05, 0) is 50.1 Å². The number of amides is 2. The Kier molecular flexibility index (Phi) is 6.62. The molecule has 1 aliphatic heterocycles. The molecule has 0 aromatic heterocycles. The van der Waals surface area contributed by atoms with Crippen LogP contribution in [0.3, 0.4) is 0 Å². The molecule has 2 amide bonds. The van der Waals surface area contributed by atoms with Crippen molar-refractivity contribution in [2.75, 3.05) is 10.2 Å². The predicted molar refractivity (Wildman–Crippen MR) is 133 cm³/mol. The third kappa shape index (κ3) is 5.00. The number of anilines is 2. The summed E-state index contributed by atoms with van der Waals surface area (Å²) < 4.78 is 0. The summed E-state index contributed by atoms with van der Waals surface area (Å²) in [6, 6.07) is 26.5. The average Bonchev–Trinajstić information content (AvgIpc) is 3.11. The number of carbonyl (C=O) groups excluding carboxylic acids is 2. The molecule has 1 saturated heterocycles. The summed E-state index contributed by atoms with van der Waals surface area (Å²) in [7, 11) is 0. The van der Waals surface area contributed by atoms with Crippen LogP contribution >= 0.6 is 11.8 Å². The molecule has 1 fully saturated rings. The number of nitrogens with one attached hydrogen (secondary N) is 1. The predicted octanol–water partition coefficient (Wildman–Crippen LogP) is 5.37. The van der Waals surface area contributed by atoms with Crippen LogP contribution in [0.2, 0.25) is 0 Å². The molecule has 0 aliphatic carbocycles. The van der Waals surface area contributed by atoms with Crippen molar-refractivity contribution in [3.05, 3.63) is 106 Å². The molecule has 6 heteroatoms. The fourth-order valence-electron chi connectivity index (χ4n) is 3.68. The van der Waals surface area contributed by atoms with Gasteiger partial charge < -0.3 is 5.32 Å². The van der Waals surface area contributed by atoms with E-state index in [1.165, 1.54) is 16.7 Å². The van der Waals surface area contributed by atoms with Gasteiger partial charge in [0.2, 0.25) is 5.91 Å². The summed E-state index contributed by atoms with van der Waals surface area (Å²) in [6.07, 6.45) is 0.510. The molecule has 0 saturated carbocycles. The smallest absolute Gasteiger partial charge is 0.269 e. The number of benzene rings is 3. The summed E-state index contributed by atoms with van der Waals surface area (Å²) in [5.41, 5.74) is 4.36. The molecule has 1 aliphatic rings. The minimum absolute atomic E-state index is 0.0791. The van der Waals surface area contributed by atoms with Gasteiger partial charge in [0, 0.05) is 11.4 Å². The van der Waals surface area contributed by atoms with Crippen molar-refractivity contribution in [1.29, 1.82) is 5.26 Å². The number of nitriles is 1. The van der Waals surface area contributed by atoms with E-state index in [1.807, 2.05) is 68.4 Å². The van der Waals surface area contributed by atoms with Crippen molar-refractivity contribution < 1.29 is 9.59 Å². The van der Waals surface area contributed by atoms with Gasteiger partial charge >= 0.3 is 0 Å². The monoisotopic (exact) mass is 453 g/mol. The van der Waals surface area contributed by atoms with E-state index >= 15 is 0 Å². The van der Waals surface area contributed by atoms with E-state index in [2.05, 4.69) is 11.4 Å². The minimum atomic E-state index is -0.535. The molecule has 33 heavy (non-hydrogen) atoms. The van der Waals surface area contributed by atoms with Gasteiger partial charge in [0.1, 0.15) is 16.7 Å². The van der Waals surface area contributed by atoms with Crippen molar-refractivity contribution in [3.63, 3.8) is 0 Å². The number of aryl methyl sites for hydroxylation is 2. The molecular weight excluding hydrogens is 430 g/mol. The Morgan fingerprint density at radius 3 is 2.39 bits per heavy atom. The van der Waals surface area contributed by atoms with Gasteiger partial charge in [-0.3, -0.25) is 14.5 Å². The average molecular weight is 454 g/mol. The summed E-state index contributed by atoms with van der Waals surface area (Å²) in [5.74, 6) is -0.673. The Bertz CT molecular complexity index is 1260. The third-order valence-corrected chi connectivity index (χ3v) is 6.60. The van der Waals surface area contributed by atoms with Gasteiger partial charge in [0.15, 0.2) is 0 Å². The lowest BCUT2D eigenvalue weighted by Gasteiger charge is -2.19. The van der Waals surface area contributed by atoms with Gasteiger partial charge in [-0.15, -0.1) is 0 Å². The fraction of sp³-hybridized carbons (Fsp3) is 0.148. The molecule has 0 bridgehead atoms. The van der Waals surface area contributed by atoms with Crippen LogP contribution in [-0.2, 0) is 16.0 Å². The summed E-state index contributed by atoms with van der Waals surface area (Å²) in [4.78, 5) is 28.1. The maximum Gasteiger partial charge on any atom is 0.269 e. The summed E-state index contributed by atoms with van der Waals surface area (Å²) in [5, 5.41) is 12.6. The van der Waals surface area contributed by atoms with E-state index in [4.69, 9.17) is 0 Å². The first-order valence-electron chi connectivity index (χ1n) is 10.6. The fourth-order valence-corrected chi connectivity index (χ4v) is 4.99. The second kappa shape index (κ2) is 9.76. The van der Waals surface area contributed by atoms with Crippen LogP contribution in [0.25, 0.3) is 0 Å². The number of rotatable bonds is 5. The van der Waals surface area contributed by atoms with Gasteiger partial charge in [0.25, 0.3) is 5.91 Å². The van der Waals surface area contributed by atoms with Gasteiger partial charge in [-0.2, -0.15) is 5.26 Å². The van der Waals surface area contributed by atoms with E-state index in [1.54, 1.807) is 24.3 Å². The van der Waals surface area contributed by atoms with Crippen LogP contribution in [-0.4, -0.2) is 17.1 Å². The highest BCUT2D eigenvalue weighted by molar-refractivity contribution is 8.05. The Labute approximate surface area is 197 Å². The maximum absolute atomic E-state index is 13.5. The molecule has 1 N–H and O–H groups in total. The molecule has 3 aromatic carbocycles. The molecule has 1 unspecified atom stereocenters. The SMILES string of the molecule is Cc1ccc(N2C(=O)C(Cc3cccc(C)c3)S/C2=C(/C#N)C(=O)Nc2ccccc2)cc1. The van der Waals surface area contributed by atoms with Crippen LogP contribution < -0.4 is 10.2 Å². The quantitative estimate of drug-likeness (QED) is 0.416. The van der Waals surface area contributed by atoms with Crippen LogP contribution in [0, 0.1) is 25.2 Å². The zero-order valence-corrected chi connectivity index (χ0v) is 19.2. The molecular formula is C27H23N3O2S. The van der Waals surface area contributed by atoms with E-state index in [9.17, 15) is 14.9 Å². The zero-order valence-electron chi connectivity index (χ0n) is 18.4. The molecule has 1 atom stereocenters. The molecule has 164 valence electrons. The number of carbonyl (C=O) groups is 2. The molecule has 5 nitrogen and oxygen atoms in total. The number of hydrogen-bond acceptors (Lipinski definition) is 4. The maximum atomic E-state index is 13.5. The third-order valence-electron chi connectivity index (χ3n) is 5.33. The number of hydrogen-bond donors (Lipinski definition) is 1. The zero-order chi connectivity index (χ0) is 23.4. The van der Waals surface area contributed by atoms with Crippen molar-refractivity contribution in [2.24, 2.45) is 0 Å². The number of thioether (sulfide) groups is 1. The largest absolute Gasteiger partial charge is 0.321 e. The highest BCUT2D eigenvalue weighted by atomic mass is 32.2. The van der Waals surface area contributed by atoms with Crippen LogP contribution in [0.4, 0.5) is 11.4 Å². The van der Waals surface area contributed by atoms with Crippen LogP contribution in [0.15, 0.2) is 89.5 Å². The Balaban J connectivity index is 1.73. The number of nitrogens with zero attached hydrogens (tertiary/aromatic N) is 2. The number of para-hydroxylation sites is 1.